The molecule has 1 atom stereocenters. The van der Waals surface area contributed by atoms with Gasteiger partial charge in [0.25, 0.3) is 5.91 Å². The van der Waals surface area contributed by atoms with Gasteiger partial charge in [-0.15, -0.1) is 11.3 Å². The van der Waals surface area contributed by atoms with Crippen LogP contribution in [0.5, 0.6) is 0 Å². The molecule has 0 aliphatic carbocycles. The van der Waals surface area contributed by atoms with E-state index >= 15 is 0 Å². The highest BCUT2D eigenvalue weighted by molar-refractivity contribution is 7.12. The van der Waals surface area contributed by atoms with Crippen molar-refractivity contribution in [2.75, 3.05) is 12.4 Å². The summed E-state index contributed by atoms with van der Waals surface area (Å²) in [5, 5.41) is 4.64. The largest absolute Gasteiger partial charge is 0.465 e. The number of aromatic nitrogens is 1. The average Bonchev–Trinajstić information content (AvgIpc) is 2.87. The molecule has 2 rings (SSSR count). The monoisotopic (exact) mass is 305 g/mol. The van der Waals surface area contributed by atoms with Crippen molar-refractivity contribution in [1.82, 2.24) is 0 Å². The van der Waals surface area contributed by atoms with E-state index in [4.69, 9.17) is 4.74 Å². The molecule has 0 radical (unpaired) electrons. The molecule has 0 aliphatic heterocycles. The van der Waals surface area contributed by atoms with E-state index in [9.17, 15) is 9.59 Å². The number of pyridine rings is 1. The second-order valence-corrected chi connectivity index (χ2v) is 5.48. The molecule has 110 valence electrons. The SMILES string of the molecule is COC(=O)c1scc(C)c1NC(=O)[C@H](C)[n+]1ccccc1. The summed E-state index contributed by atoms with van der Waals surface area (Å²) in [6, 6.07) is 5.23. The molecule has 0 saturated heterocycles. The number of thiophene rings is 1. The number of methoxy groups -OCH3 is 1. The van der Waals surface area contributed by atoms with Crippen LogP contribution in [-0.2, 0) is 9.53 Å². The average molecular weight is 305 g/mol. The summed E-state index contributed by atoms with van der Waals surface area (Å²) in [6.45, 7) is 3.65. The topological polar surface area (TPSA) is 59.3 Å². The van der Waals surface area contributed by atoms with Crippen LogP contribution in [0.2, 0.25) is 0 Å². The van der Waals surface area contributed by atoms with Crippen LogP contribution in [0.15, 0.2) is 36.0 Å². The maximum atomic E-state index is 12.3. The number of rotatable bonds is 4. The standard InChI is InChI=1S/C15H16N2O3S/c1-10-9-21-13(15(19)20-3)12(10)16-14(18)11(2)17-7-5-4-6-8-17/h4-9,11H,1-3H3/p+1/t11-/m0/s1. The van der Waals surface area contributed by atoms with Crippen molar-refractivity contribution in [3.63, 3.8) is 0 Å². The Balaban J connectivity index is 2.20. The Labute approximate surface area is 127 Å². The quantitative estimate of drug-likeness (QED) is 0.696. The van der Waals surface area contributed by atoms with Crippen LogP contribution in [0.4, 0.5) is 5.69 Å². The number of esters is 1. The highest BCUT2D eigenvalue weighted by atomic mass is 32.1. The molecule has 0 aromatic carbocycles. The number of anilines is 1. The third-order valence-corrected chi connectivity index (χ3v) is 4.24. The van der Waals surface area contributed by atoms with E-state index in [1.807, 2.05) is 42.9 Å². The maximum Gasteiger partial charge on any atom is 0.350 e. The Morgan fingerprint density at radius 1 is 1.29 bits per heavy atom. The maximum absolute atomic E-state index is 12.3. The van der Waals surface area contributed by atoms with E-state index in [0.29, 0.717) is 10.6 Å². The van der Waals surface area contributed by atoms with E-state index in [1.165, 1.54) is 18.4 Å². The van der Waals surface area contributed by atoms with Crippen molar-refractivity contribution in [1.29, 1.82) is 0 Å². The number of hydrogen-bond donors (Lipinski definition) is 1. The van der Waals surface area contributed by atoms with Gasteiger partial charge in [0.15, 0.2) is 12.4 Å². The van der Waals surface area contributed by atoms with Crippen LogP contribution < -0.4 is 9.88 Å². The van der Waals surface area contributed by atoms with Gasteiger partial charge in [-0.25, -0.2) is 4.79 Å². The molecule has 2 aromatic rings. The van der Waals surface area contributed by atoms with E-state index in [2.05, 4.69) is 5.32 Å². The zero-order valence-corrected chi connectivity index (χ0v) is 12.9. The van der Waals surface area contributed by atoms with Gasteiger partial charge in [-0.2, -0.15) is 4.57 Å². The second-order valence-electron chi connectivity index (χ2n) is 4.60. The predicted molar refractivity (Wildman–Crippen MR) is 80.4 cm³/mol. The number of nitrogens with one attached hydrogen (secondary N) is 1. The minimum atomic E-state index is -0.441. The van der Waals surface area contributed by atoms with Crippen LogP contribution in [0.25, 0.3) is 0 Å². The van der Waals surface area contributed by atoms with E-state index in [1.54, 1.807) is 11.5 Å². The minimum absolute atomic E-state index is 0.183. The fourth-order valence-electron chi connectivity index (χ4n) is 1.88. The third kappa shape index (κ3) is 3.28. The first-order valence-corrected chi connectivity index (χ1v) is 7.35. The normalized spacial score (nSPS) is 11.8. The molecule has 5 nitrogen and oxygen atoms in total. The third-order valence-electron chi connectivity index (χ3n) is 3.16. The molecular formula is C15H17N2O3S+. The van der Waals surface area contributed by atoms with Crippen molar-refractivity contribution >= 4 is 28.9 Å². The van der Waals surface area contributed by atoms with E-state index in [-0.39, 0.29) is 11.9 Å². The summed E-state index contributed by atoms with van der Waals surface area (Å²) in [4.78, 5) is 24.5. The smallest absolute Gasteiger partial charge is 0.350 e. The van der Waals surface area contributed by atoms with Crippen LogP contribution in [0.1, 0.15) is 28.2 Å². The van der Waals surface area contributed by atoms with Crippen LogP contribution in [-0.4, -0.2) is 19.0 Å². The van der Waals surface area contributed by atoms with E-state index < -0.39 is 5.97 Å². The van der Waals surface area contributed by atoms with Gasteiger partial charge in [-0.1, -0.05) is 6.07 Å². The molecule has 2 aromatic heterocycles. The number of hydrogen-bond acceptors (Lipinski definition) is 4. The number of carbonyl (C=O) groups is 2. The van der Waals surface area contributed by atoms with Gasteiger partial charge in [0, 0.05) is 19.1 Å². The zero-order valence-electron chi connectivity index (χ0n) is 12.1. The van der Waals surface area contributed by atoms with Gasteiger partial charge in [0.05, 0.1) is 12.8 Å². The van der Waals surface area contributed by atoms with Crippen molar-refractivity contribution < 1.29 is 18.9 Å². The lowest BCUT2D eigenvalue weighted by Crippen LogP contribution is -2.43. The molecule has 0 fully saturated rings. The van der Waals surface area contributed by atoms with E-state index in [0.717, 1.165) is 5.56 Å². The summed E-state index contributed by atoms with van der Waals surface area (Å²) in [5.41, 5.74) is 1.37. The summed E-state index contributed by atoms with van der Waals surface area (Å²) in [5.74, 6) is -0.624. The molecule has 1 N–H and O–H groups in total. The first-order chi connectivity index (χ1) is 10.0. The first-order valence-electron chi connectivity index (χ1n) is 6.47. The molecule has 0 saturated carbocycles. The molecule has 2 heterocycles. The first kappa shape index (κ1) is 15.2. The number of aryl methyl sites for hydroxylation is 1. The van der Waals surface area contributed by atoms with Gasteiger partial charge in [0.2, 0.25) is 6.04 Å². The van der Waals surface area contributed by atoms with Gasteiger partial charge in [-0.05, 0) is 17.9 Å². The lowest BCUT2D eigenvalue weighted by atomic mass is 10.2. The van der Waals surface area contributed by atoms with Gasteiger partial charge >= 0.3 is 5.97 Å². The molecule has 0 unspecified atom stereocenters. The molecule has 6 heteroatoms. The number of amides is 1. The van der Waals surface area contributed by atoms with Gasteiger partial charge in [0.1, 0.15) is 4.88 Å². The molecule has 0 bridgehead atoms. The molecule has 1 amide bonds. The Morgan fingerprint density at radius 3 is 2.57 bits per heavy atom. The van der Waals surface area contributed by atoms with Crippen LogP contribution in [0.3, 0.4) is 0 Å². The Morgan fingerprint density at radius 2 is 1.95 bits per heavy atom. The summed E-state index contributed by atoms with van der Waals surface area (Å²) < 4.78 is 6.53. The zero-order chi connectivity index (χ0) is 15.4. The summed E-state index contributed by atoms with van der Waals surface area (Å²) >= 11 is 1.26. The summed E-state index contributed by atoms with van der Waals surface area (Å²) in [7, 11) is 1.32. The van der Waals surface area contributed by atoms with Crippen molar-refractivity contribution in [2.45, 2.75) is 19.9 Å². The lowest BCUT2D eigenvalue weighted by molar-refractivity contribution is -0.705. The fraction of sp³-hybridized carbons (Fsp3) is 0.267. The Bertz CT molecular complexity index is 652. The van der Waals surface area contributed by atoms with Crippen molar-refractivity contribution in [2.24, 2.45) is 0 Å². The van der Waals surface area contributed by atoms with Crippen LogP contribution >= 0.6 is 11.3 Å². The second kappa shape index (κ2) is 6.49. The van der Waals surface area contributed by atoms with Gasteiger partial charge < -0.3 is 10.1 Å². The minimum Gasteiger partial charge on any atom is -0.465 e. The molecular weight excluding hydrogens is 288 g/mol. The van der Waals surface area contributed by atoms with Crippen molar-refractivity contribution in [3.05, 3.63) is 46.4 Å². The summed E-state index contributed by atoms with van der Waals surface area (Å²) in [6.07, 6.45) is 3.65. The van der Waals surface area contributed by atoms with Gasteiger partial charge in [-0.3, -0.25) is 4.79 Å². The Kier molecular flexibility index (Phi) is 4.70. The number of carbonyl (C=O) groups excluding carboxylic acids is 2. The van der Waals surface area contributed by atoms with Crippen LogP contribution in [0, 0.1) is 6.92 Å². The molecule has 0 aliphatic rings. The molecule has 21 heavy (non-hydrogen) atoms. The Hall–Kier alpha value is -2.21. The fourth-order valence-corrected chi connectivity index (χ4v) is 2.80. The number of nitrogens with zero attached hydrogens (tertiary/aromatic N) is 1. The predicted octanol–water partition coefficient (Wildman–Crippen LogP) is 2.33. The molecule has 0 spiro atoms. The number of ether oxygens (including phenoxy) is 1. The lowest BCUT2D eigenvalue weighted by Gasteiger charge is -2.10. The highest BCUT2D eigenvalue weighted by Gasteiger charge is 2.25. The highest BCUT2D eigenvalue weighted by Crippen LogP contribution is 2.28. The van der Waals surface area contributed by atoms with Crippen molar-refractivity contribution in [3.8, 4) is 0 Å².